The smallest absolute Gasteiger partial charge is 0.115 e. The minimum atomic E-state index is 1.25. The van der Waals surface area contributed by atoms with Crippen LogP contribution in [0.1, 0.15) is 151 Å². The molecule has 1 saturated heterocycles. The van der Waals surface area contributed by atoms with Crippen LogP contribution in [0.2, 0.25) is 0 Å². The summed E-state index contributed by atoms with van der Waals surface area (Å²) in [6, 6.07) is 17.7. The SMILES string of the molecule is C1CCNC1.CC.CC.CC.CC.CC.CC.CC.CC.CC.CC.c1cc[nH]c1.c1ccccc1.c1cncnc1.c1cscn1. The molecule has 0 bridgehead atoms. The molecule has 0 saturated carbocycles. The third-order valence-electron chi connectivity index (χ3n) is 2.94. The number of nitrogens with one attached hydrogen (secondary N) is 2. The van der Waals surface area contributed by atoms with Gasteiger partial charge in [-0.1, -0.05) is 175 Å². The van der Waals surface area contributed by atoms with Gasteiger partial charge in [0, 0.05) is 36.4 Å². The fourth-order valence-electron chi connectivity index (χ4n) is 1.72. The topological polar surface area (TPSA) is 66.5 Å². The zero-order valence-corrected chi connectivity index (χ0v) is 36.2. The van der Waals surface area contributed by atoms with E-state index in [0.717, 1.165) is 0 Å². The lowest BCUT2D eigenvalue weighted by Gasteiger charge is -1.76. The predicted molar refractivity (Wildman–Crippen MR) is 227 cm³/mol. The maximum atomic E-state index is 3.74. The minimum Gasteiger partial charge on any atom is -0.368 e. The number of thiazole rings is 1. The normalized spacial score (nSPS) is 7.57. The highest BCUT2D eigenvalue weighted by molar-refractivity contribution is 7.07. The number of aromatic nitrogens is 4. The quantitative estimate of drug-likeness (QED) is 0.194. The maximum absolute atomic E-state index is 3.74. The molecule has 2 N–H and O–H groups in total. The largest absolute Gasteiger partial charge is 0.368 e. The molecule has 282 valence electrons. The van der Waals surface area contributed by atoms with Crippen LogP contribution in [-0.4, -0.2) is 33.0 Å². The average Bonchev–Trinajstić information content (AvgIpc) is 4.10. The van der Waals surface area contributed by atoms with Crippen molar-refractivity contribution in [2.45, 2.75) is 151 Å². The van der Waals surface area contributed by atoms with Gasteiger partial charge in [-0.15, -0.1) is 11.3 Å². The fraction of sp³-hybridized carbons (Fsp3) is 0.585. The van der Waals surface area contributed by atoms with Gasteiger partial charge in [0.25, 0.3) is 0 Å². The summed E-state index contributed by atoms with van der Waals surface area (Å²) in [6.45, 7) is 42.5. The van der Waals surface area contributed by atoms with Gasteiger partial charge in [-0.05, 0) is 44.1 Å². The molecule has 47 heavy (non-hydrogen) atoms. The van der Waals surface area contributed by atoms with Gasteiger partial charge in [-0.2, -0.15) is 0 Å². The molecule has 4 heterocycles. The molecule has 0 radical (unpaired) electrons. The Kier molecular flexibility index (Phi) is 197. The fourth-order valence-corrected chi connectivity index (χ4v) is 2.07. The molecule has 0 aliphatic carbocycles. The summed E-state index contributed by atoms with van der Waals surface area (Å²) in [5.74, 6) is 0. The predicted octanol–water partition coefficient (Wildman–Crippen LogP) is 15.0. The molecule has 3 aromatic heterocycles. The Morgan fingerprint density at radius 1 is 0.404 bits per heavy atom. The van der Waals surface area contributed by atoms with Gasteiger partial charge in [0.2, 0.25) is 0 Å². The van der Waals surface area contributed by atoms with Crippen molar-refractivity contribution in [2.75, 3.05) is 13.1 Å². The van der Waals surface area contributed by atoms with E-state index >= 15 is 0 Å². The molecular weight excluding hydrogens is 595 g/mol. The maximum Gasteiger partial charge on any atom is 0.115 e. The highest BCUT2D eigenvalue weighted by Crippen LogP contribution is 1.90. The zero-order valence-electron chi connectivity index (χ0n) is 35.4. The molecule has 6 heteroatoms. The molecule has 1 fully saturated rings. The first-order valence-electron chi connectivity index (χ1n) is 18.8. The number of nitrogens with zero attached hydrogens (tertiary/aromatic N) is 3. The Hall–Kier alpha value is -2.83. The summed E-state index contributed by atoms with van der Waals surface area (Å²) in [6.07, 6.45) is 13.2. The van der Waals surface area contributed by atoms with Gasteiger partial charge in [-0.3, -0.25) is 4.98 Å². The van der Waals surface area contributed by atoms with Gasteiger partial charge in [0.05, 0.1) is 5.51 Å². The molecule has 4 aromatic rings. The number of rotatable bonds is 0. The summed E-state index contributed by atoms with van der Waals surface area (Å²) in [5.41, 5.74) is 1.79. The van der Waals surface area contributed by atoms with Crippen LogP contribution < -0.4 is 5.32 Å². The number of benzene rings is 1. The van der Waals surface area contributed by atoms with Crippen molar-refractivity contribution in [2.24, 2.45) is 0 Å². The van der Waals surface area contributed by atoms with Gasteiger partial charge < -0.3 is 10.3 Å². The van der Waals surface area contributed by atoms with E-state index in [-0.39, 0.29) is 0 Å². The number of aromatic amines is 1. The first kappa shape index (κ1) is 70.5. The molecule has 0 spiro atoms. The van der Waals surface area contributed by atoms with E-state index in [4.69, 9.17) is 0 Å². The van der Waals surface area contributed by atoms with Gasteiger partial charge in [-0.25, -0.2) is 9.97 Å². The van der Waals surface area contributed by atoms with Crippen molar-refractivity contribution in [1.82, 2.24) is 25.3 Å². The highest BCUT2D eigenvalue weighted by atomic mass is 32.1. The van der Waals surface area contributed by atoms with Gasteiger partial charge >= 0.3 is 0 Å². The summed E-state index contributed by atoms with van der Waals surface area (Å²) < 4.78 is 0. The van der Waals surface area contributed by atoms with Crippen LogP contribution in [0, 0.1) is 0 Å². The van der Waals surface area contributed by atoms with E-state index in [2.05, 4.69) is 25.3 Å². The van der Waals surface area contributed by atoms with Crippen LogP contribution in [-0.2, 0) is 0 Å². The van der Waals surface area contributed by atoms with E-state index in [1.165, 1.54) is 32.3 Å². The van der Waals surface area contributed by atoms with Crippen LogP contribution in [0.25, 0.3) is 0 Å². The zero-order chi connectivity index (χ0) is 39.1. The first-order valence-corrected chi connectivity index (χ1v) is 19.7. The monoisotopic (exact) mass is 682 g/mol. The lowest BCUT2D eigenvalue weighted by atomic mass is 10.4. The van der Waals surface area contributed by atoms with Crippen LogP contribution in [0.3, 0.4) is 0 Å². The molecule has 0 atom stereocenters. The molecule has 5 nitrogen and oxygen atoms in total. The Morgan fingerprint density at radius 3 is 0.851 bits per heavy atom. The van der Waals surface area contributed by atoms with Crippen molar-refractivity contribution >= 4 is 11.3 Å². The lowest BCUT2D eigenvalue weighted by Crippen LogP contribution is -2.03. The van der Waals surface area contributed by atoms with Crippen LogP contribution in [0.5, 0.6) is 0 Å². The number of hydrogen-bond acceptors (Lipinski definition) is 5. The Balaban J connectivity index is -0.0000000403. The second kappa shape index (κ2) is 131. The summed E-state index contributed by atoms with van der Waals surface area (Å²) in [4.78, 5) is 13.9. The van der Waals surface area contributed by atoms with Crippen LogP contribution in [0.15, 0.2) is 103 Å². The Bertz CT molecular complexity index is 521. The van der Waals surface area contributed by atoms with Gasteiger partial charge in [0.1, 0.15) is 6.33 Å². The molecular formula is C41H87N5S. The lowest BCUT2D eigenvalue weighted by molar-refractivity contribution is 0.857. The number of H-pyrrole nitrogens is 1. The van der Waals surface area contributed by atoms with E-state index in [1.54, 1.807) is 41.5 Å². The molecule has 1 aliphatic rings. The molecule has 1 aliphatic heterocycles. The highest BCUT2D eigenvalue weighted by Gasteiger charge is 1.93. The van der Waals surface area contributed by atoms with Crippen molar-refractivity contribution in [3.63, 3.8) is 0 Å². The minimum absolute atomic E-state index is 1.25. The van der Waals surface area contributed by atoms with Crippen LogP contribution in [0.4, 0.5) is 0 Å². The van der Waals surface area contributed by atoms with Crippen molar-refractivity contribution in [3.8, 4) is 0 Å². The standard InChI is InChI=1S/C6H6.C4H4N2.C4H9N.C4H5N.C3H3NS.10C2H6/c1-2-4-6-5-3-1;1-2-5-4-6-3-1;2*1-2-4-5-3-1;1-2-5-3-4-1;10*1-2/h1-6H;1-4H;5H,1-4H2;1-5H;1-3H;10*1-2H3. The molecule has 1 aromatic carbocycles. The summed E-state index contributed by atoms with van der Waals surface area (Å²) in [7, 11) is 0. The molecule has 5 rings (SSSR count). The molecule has 0 amide bonds. The summed E-state index contributed by atoms with van der Waals surface area (Å²) in [5, 5.41) is 5.15. The molecule has 0 unspecified atom stereocenters. The number of hydrogen-bond donors (Lipinski definition) is 2. The van der Waals surface area contributed by atoms with Crippen molar-refractivity contribution < 1.29 is 0 Å². The van der Waals surface area contributed by atoms with E-state index < -0.39 is 0 Å². The van der Waals surface area contributed by atoms with E-state index in [1.807, 2.05) is 205 Å². The van der Waals surface area contributed by atoms with Crippen LogP contribution >= 0.6 is 11.3 Å². The Labute approximate surface area is 302 Å². The third-order valence-corrected chi connectivity index (χ3v) is 3.47. The van der Waals surface area contributed by atoms with Crippen molar-refractivity contribution in [3.05, 3.63) is 103 Å². The second-order valence-corrected chi connectivity index (χ2v) is 5.83. The third kappa shape index (κ3) is 125. The first-order chi connectivity index (χ1) is 23.5. The van der Waals surface area contributed by atoms with Crippen molar-refractivity contribution in [1.29, 1.82) is 0 Å². The average molecular weight is 682 g/mol. The summed E-state index contributed by atoms with van der Waals surface area (Å²) >= 11 is 1.60. The second-order valence-electron chi connectivity index (χ2n) is 5.08. The van der Waals surface area contributed by atoms with Gasteiger partial charge in [0.15, 0.2) is 0 Å². The Morgan fingerprint density at radius 2 is 0.745 bits per heavy atom. The van der Waals surface area contributed by atoms with E-state index in [9.17, 15) is 0 Å². The van der Waals surface area contributed by atoms with E-state index in [0.29, 0.717) is 0 Å².